The Balaban J connectivity index is 2.10. The van der Waals surface area contributed by atoms with Crippen LogP contribution in [0.1, 0.15) is 32.3 Å². The third kappa shape index (κ3) is 5.37. The fraction of sp³-hybridized carbons (Fsp3) is 0.455. The second-order valence-electron chi connectivity index (χ2n) is 8.39. The largest absolute Gasteiger partial charge is 0.431 e. The van der Waals surface area contributed by atoms with Crippen molar-refractivity contribution in [3.05, 3.63) is 47.7 Å². The van der Waals surface area contributed by atoms with E-state index in [1.165, 1.54) is 6.92 Å². The summed E-state index contributed by atoms with van der Waals surface area (Å²) in [6.45, 7) is -0.676. The molecular weight excluding hydrogens is 537 g/mol. The first-order valence-corrected chi connectivity index (χ1v) is 12.4. The molecule has 1 N–H and O–H groups in total. The van der Waals surface area contributed by atoms with Gasteiger partial charge in [-0.25, -0.2) is 17.8 Å². The number of alkyl halides is 5. The van der Waals surface area contributed by atoms with E-state index >= 15 is 0 Å². The Bertz CT molecular complexity index is 1290. The van der Waals surface area contributed by atoms with Crippen LogP contribution in [-0.2, 0) is 19.4 Å². The van der Waals surface area contributed by atoms with Crippen LogP contribution in [0.15, 0.2) is 35.5 Å². The van der Waals surface area contributed by atoms with E-state index in [-0.39, 0.29) is 11.4 Å². The predicted molar refractivity (Wildman–Crippen MR) is 115 cm³/mol. The number of ether oxygens (including phenoxy) is 2. The van der Waals surface area contributed by atoms with Crippen LogP contribution in [0.5, 0.6) is 5.75 Å². The normalized spacial score (nSPS) is 24.4. The summed E-state index contributed by atoms with van der Waals surface area (Å²) in [5.41, 5.74) is -3.83. The van der Waals surface area contributed by atoms with Crippen molar-refractivity contribution >= 4 is 21.4 Å². The summed E-state index contributed by atoms with van der Waals surface area (Å²) in [6.07, 6.45) is -6.09. The number of anilines is 1. The first-order chi connectivity index (χ1) is 17.0. The van der Waals surface area contributed by atoms with Gasteiger partial charge in [0.15, 0.2) is 32.0 Å². The molecule has 0 unspecified atom stereocenters. The number of hydrogen-bond donors (Lipinski definition) is 1. The lowest BCUT2D eigenvalue weighted by molar-refractivity contribution is -0.272. The second-order valence-corrected chi connectivity index (χ2v) is 10.6. The SMILES string of the molecule is CCS(=O)(=O)c1cc(NC(=O)[C@@H]2O[C@@](C)(C(F)(F)F)[C@@H](C)[C@H]2c2ccc(F)c(F)c2OC(F)F)ccn1. The highest BCUT2D eigenvalue weighted by Gasteiger charge is 2.66. The van der Waals surface area contributed by atoms with E-state index in [1.54, 1.807) is 0 Å². The second kappa shape index (κ2) is 10.1. The van der Waals surface area contributed by atoms with Crippen LogP contribution in [-0.4, -0.2) is 49.6 Å². The quantitative estimate of drug-likeness (QED) is 0.490. The third-order valence-electron chi connectivity index (χ3n) is 6.27. The van der Waals surface area contributed by atoms with Gasteiger partial charge in [-0.15, -0.1) is 0 Å². The van der Waals surface area contributed by atoms with E-state index in [4.69, 9.17) is 4.74 Å². The highest BCUT2D eigenvalue weighted by molar-refractivity contribution is 7.91. The average Bonchev–Trinajstić information content (AvgIpc) is 3.09. The maximum Gasteiger partial charge on any atom is 0.417 e. The van der Waals surface area contributed by atoms with Crippen molar-refractivity contribution in [2.24, 2.45) is 5.92 Å². The molecule has 1 fully saturated rings. The summed E-state index contributed by atoms with van der Waals surface area (Å²) in [7, 11) is -3.81. The minimum absolute atomic E-state index is 0.169. The van der Waals surface area contributed by atoms with Gasteiger partial charge in [-0.1, -0.05) is 19.9 Å². The molecule has 1 amide bonds. The number of rotatable bonds is 7. The molecule has 2 heterocycles. The molecule has 37 heavy (non-hydrogen) atoms. The highest BCUT2D eigenvalue weighted by Crippen LogP contribution is 2.55. The molecule has 1 aromatic heterocycles. The van der Waals surface area contributed by atoms with Gasteiger partial charge in [-0.05, 0) is 25.1 Å². The van der Waals surface area contributed by atoms with Crippen LogP contribution in [0, 0.1) is 17.6 Å². The Morgan fingerprint density at radius 2 is 1.89 bits per heavy atom. The van der Waals surface area contributed by atoms with Crippen LogP contribution < -0.4 is 10.1 Å². The van der Waals surface area contributed by atoms with Crippen molar-refractivity contribution in [3.63, 3.8) is 0 Å². The van der Waals surface area contributed by atoms with Gasteiger partial charge in [0.2, 0.25) is 5.82 Å². The standard InChI is InChI=1S/C22H21F7N2O5S/c1-4-37(33,34)14-9-11(7-8-30-14)31-19(32)18-15(10(2)21(3,36-18)22(27,28)29)12-5-6-13(23)16(24)17(12)35-20(25)26/h5-10,15,18,20H,4H2,1-3H3,(H,30,31,32)/t10-,15-,18+,21+/m0/s1. The molecule has 1 aromatic carbocycles. The summed E-state index contributed by atoms with van der Waals surface area (Å²) >= 11 is 0. The molecule has 0 bridgehead atoms. The molecule has 1 saturated heterocycles. The number of carbonyl (C=O) groups is 1. The maximum atomic E-state index is 14.4. The van der Waals surface area contributed by atoms with Crippen molar-refractivity contribution in [1.29, 1.82) is 0 Å². The Morgan fingerprint density at radius 1 is 1.24 bits per heavy atom. The fourth-order valence-electron chi connectivity index (χ4n) is 4.06. The first kappa shape index (κ1) is 28.6. The van der Waals surface area contributed by atoms with E-state index in [9.17, 15) is 43.9 Å². The van der Waals surface area contributed by atoms with Gasteiger partial charge in [0.25, 0.3) is 5.91 Å². The molecule has 0 saturated carbocycles. The molecule has 0 spiro atoms. The summed E-state index contributed by atoms with van der Waals surface area (Å²) in [5.74, 6) is -9.82. The van der Waals surface area contributed by atoms with Crippen LogP contribution in [0.2, 0.25) is 0 Å². The van der Waals surface area contributed by atoms with Gasteiger partial charge in [-0.3, -0.25) is 4.79 Å². The number of carbonyl (C=O) groups excluding carboxylic acids is 1. The van der Waals surface area contributed by atoms with E-state index in [2.05, 4.69) is 15.0 Å². The molecule has 1 aliphatic heterocycles. The number of nitrogens with one attached hydrogen (secondary N) is 1. The van der Waals surface area contributed by atoms with E-state index < -0.39 is 80.0 Å². The van der Waals surface area contributed by atoms with E-state index in [1.807, 2.05) is 0 Å². The van der Waals surface area contributed by atoms with Gasteiger partial charge >= 0.3 is 12.8 Å². The number of pyridine rings is 1. The lowest BCUT2D eigenvalue weighted by Gasteiger charge is -2.32. The average molecular weight is 558 g/mol. The van der Waals surface area contributed by atoms with Crippen LogP contribution in [0.25, 0.3) is 0 Å². The zero-order valence-corrected chi connectivity index (χ0v) is 20.3. The number of benzene rings is 1. The fourth-order valence-corrected chi connectivity index (χ4v) is 4.88. The number of sulfone groups is 1. The predicted octanol–water partition coefficient (Wildman–Crippen LogP) is 4.83. The molecule has 204 valence electrons. The number of aromatic nitrogens is 1. The monoisotopic (exact) mass is 558 g/mol. The molecule has 3 rings (SSSR count). The maximum absolute atomic E-state index is 14.4. The number of amides is 1. The zero-order valence-electron chi connectivity index (χ0n) is 19.4. The third-order valence-corrected chi connectivity index (χ3v) is 7.90. The molecule has 0 aliphatic carbocycles. The van der Waals surface area contributed by atoms with Crippen molar-refractivity contribution in [1.82, 2.24) is 4.98 Å². The van der Waals surface area contributed by atoms with Crippen LogP contribution in [0.3, 0.4) is 0 Å². The Hall–Kier alpha value is -2.94. The Labute approximate surface area is 206 Å². The summed E-state index contributed by atoms with van der Waals surface area (Å²) in [4.78, 5) is 16.8. The molecule has 15 heteroatoms. The highest BCUT2D eigenvalue weighted by atomic mass is 32.2. The number of nitrogens with zero attached hydrogens (tertiary/aromatic N) is 1. The van der Waals surface area contributed by atoms with Crippen LogP contribution >= 0.6 is 0 Å². The summed E-state index contributed by atoms with van der Waals surface area (Å²) in [5, 5.41) is 1.81. The smallest absolute Gasteiger partial charge is 0.417 e. The molecule has 7 nitrogen and oxygen atoms in total. The van der Waals surface area contributed by atoms with Gasteiger partial charge in [0.05, 0.1) is 5.75 Å². The minimum atomic E-state index is -5.07. The van der Waals surface area contributed by atoms with Crippen molar-refractivity contribution in [3.8, 4) is 5.75 Å². The molecule has 4 atom stereocenters. The summed E-state index contributed by atoms with van der Waals surface area (Å²) < 4.78 is 130. The van der Waals surface area contributed by atoms with Crippen molar-refractivity contribution in [2.75, 3.05) is 11.1 Å². The van der Waals surface area contributed by atoms with Crippen molar-refractivity contribution < 1.29 is 53.4 Å². The zero-order chi connectivity index (χ0) is 27.9. The lowest BCUT2D eigenvalue weighted by Crippen LogP contribution is -2.47. The molecule has 0 radical (unpaired) electrons. The van der Waals surface area contributed by atoms with Gasteiger partial charge in [0.1, 0.15) is 6.10 Å². The summed E-state index contributed by atoms with van der Waals surface area (Å²) in [6, 6.07) is 3.36. The van der Waals surface area contributed by atoms with E-state index in [0.717, 1.165) is 31.3 Å². The van der Waals surface area contributed by atoms with Gasteiger partial charge < -0.3 is 14.8 Å². The minimum Gasteiger partial charge on any atom is -0.431 e. The molecule has 1 aliphatic rings. The van der Waals surface area contributed by atoms with Gasteiger partial charge in [-0.2, -0.15) is 26.3 Å². The van der Waals surface area contributed by atoms with Crippen LogP contribution in [0.4, 0.5) is 36.4 Å². The van der Waals surface area contributed by atoms with Crippen molar-refractivity contribution in [2.45, 2.75) is 56.2 Å². The lowest BCUT2D eigenvalue weighted by atomic mass is 9.77. The molecule has 2 aromatic rings. The number of halogens is 7. The first-order valence-electron chi connectivity index (χ1n) is 10.7. The Morgan fingerprint density at radius 3 is 2.46 bits per heavy atom. The van der Waals surface area contributed by atoms with E-state index in [0.29, 0.717) is 13.0 Å². The number of hydrogen-bond acceptors (Lipinski definition) is 6. The topological polar surface area (TPSA) is 94.6 Å². The van der Waals surface area contributed by atoms with Gasteiger partial charge in [0, 0.05) is 29.3 Å². The molecular formula is C22H21F7N2O5S. The Kier molecular flexibility index (Phi) is 7.80.